The fraction of sp³-hybridized carbons (Fsp3) is 0.440. The molecule has 0 aliphatic carbocycles. The Balaban J connectivity index is 2.12. The number of benzene rings is 2. The van der Waals surface area contributed by atoms with Gasteiger partial charge in [0, 0.05) is 33.1 Å². The van der Waals surface area contributed by atoms with Gasteiger partial charge in [0.1, 0.15) is 18.5 Å². The number of aryl methyl sites for hydroxylation is 1. The molecule has 0 bridgehead atoms. The molecular formula is C25H28O10. The molecule has 0 spiro atoms. The van der Waals surface area contributed by atoms with Gasteiger partial charge >= 0.3 is 23.9 Å². The first-order valence-electron chi connectivity index (χ1n) is 11.0. The Hall–Kier alpha value is -3.66. The molecule has 0 radical (unpaired) electrons. The van der Waals surface area contributed by atoms with Gasteiger partial charge in [-0.1, -0.05) is 36.4 Å². The minimum Gasteiger partial charge on any atom is -0.481 e. The summed E-state index contributed by atoms with van der Waals surface area (Å²) in [7, 11) is 0. The molecule has 35 heavy (non-hydrogen) atoms. The van der Waals surface area contributed by atoms with Crippen LogP contribution in [0.3, 0.4) is 0 Å². The molecule has 0 amide bonds. The van der Waals surface area contributed by atoms with E-state index in [0.29, 0.717) is 5.75 Å². The molecule has 1 aliphatic rings. The summed E-state index contributed by atoms with van der Waals surface area (Å²) in [4.78, 5) is 47.3. The molecular weight excluding hydrogens is 460 g/mol. The predicted molar refractivity (Wildman–Crippen MR) is 121 cm³/mol. The number of esters is 4. The predicted octanol–water partition coefficient (Wildman–Crippen LogP) is 2.61. The highest BCUT2D eigenvalue weighted by Gasteiger charge is 2.53. The smallest absolute Gasteiger partial charge is 0.305 e. The molecule has 1 unspecified atom stereocenters. The zero-order chi connectivity index (χ0) is 25.7. The molecule has 10 nitrogen and oxygen atoms in total. The molecule has 0 N–H and O–H groups in total. The molecule has 188 valence electrons. The first-order valence-corrected chi connectivity index (χ1v) is 11.0. The van der Waals surface area contributed by atoms with E-state index in [9.17, 15) is 19.2 Å². The van der Waals surface area contributed by atoms with Gasteiger partial charge in [0.2, 0.25) is 12.4 Å². The first-order chi connectivity index (χ1) is 16.6. The Morgan fingerprint density at radius 1 is 0.771 bits per heavy atom. The van der Waals surface area contributed by atoms with Crippen LogP contribution in [0, 0.1) is 6.92 Å². The van der Waals surface area contributed by atoms with Crippen LogP contribution in [0.1, 0.15) is 33.3 Å². The second-order valence-corrected chi connectivity index (χ2v) is 8.12. The summed E-state index contributed by atoms with van der Waals surface area (Å²) >= 11 is 0. The van der Waals surface area contributed by atoms with Crippen molar-refractivity contribution < 1.29 is 47.6 Å². The van der Waals surface area contributed by atoms with E-state index in [2.05, 4.69) is 0 Å². The van der Waals surface area contributed by atoms with Crippen LogP contribution in [0.15, 0.2) is 36.4 Å². The molecule has 10 heteroatoms. The molecule has 3 rings (SSSR count). The van der Waals surface area contributed by atoms with Gasteiger partial charge in [-0.25, -0.2) is 0 Å². The van der Waals surface area contributed by atoms with Gasteiger partial charge < -0.3 is 28.4 Å². The SMILES string of the molecule is CC(=O)OC[C@H]1OC(OC(C)=O)[C@H](OC(C)=O)[C@@H](Oc2c(C)ccc3ccccc23)[C@@H]1OC(C)=O. The minimum absolute atomic E-state index is 0.327. The number of fused-ring (bicyclic) bond motifs is 1. The summed E-state index contributed by atoms with van der Waals surface area (Å²) in [5, 5.41) is 1.66. The quantitative estimate of drug-likeness (QED) is 0.424. The second-order valence-electron chi connectivity index (χ2n) is 8.12. The third kappa shape index (κ3) is 6.48. The monoisotopic (exact) mass is 488 g/mol. The lowest BCUT2D eigenvalue weighted by molar-refractivity contribution is -0.294. The Labute approximate surface area is 202 Å². The number of hydrogen-bond acceptors (Lipinski definition) is 10. The highest BCUT2D eigenvalue weighted by atomic mass is 16.7. The van der Waals surface area contributed by atoms with Gasteiger partial charge in [-0.3, -0.25) is 19.2 Å². The van der Waals surface area contributed by atoms with E-state index in [0.717, 1.165) is 23.3 Å². The average molecular weight is 488 g/mol. The standard InChI is InChI=1S/C25H28O10/c1-13-10-11-18-8-6-7-9-19(18)21(13)35-23-22(31-15(3)27)20(12-30-14(2)26)34-25(33-17(5)29)24(23)32-16(4)28/h6-11,20,22-25H,12H2,1-5H3/t20-,22-,23+,24-,25?/m1/s1. The van der Waals surface area contributed by atoms with E-state index < -0.39 is 54.6 Å². The maximum Gasteiger partial charge on any atom is 0.305 e. The first kappa shape index (κ1) is 26.0. The number of carbonyl (C=O) groups excluding carboxylic acids is 4. The van der Waals surface area contributed by atoms with Crippen LogP contribution in [-0.4, -0.2) is 61.2 Å². The van der Waals surface area contributed by atoms with Gasteiger partial charge in [0.05, 0.1) is 0 Å². The minimum atomic E-state index is -1.41. The van der Waals surface area contributed by atoms with Crippen LogP contribution in [0.25, 0.3) is 10.8 Å². The average Bonchev–Trinajstić information content (AvgIpc) is 2.77. The van der Waals surface area contributed by atoms with Gasteiger partial charge in [-0.2, -0.15) is 0 Å². The molecule has 2 aromatic carbocycles. The Bertz CT molecular complexity index is 1110. The third-order valence-corrected chi connectivity index (χ3v) is 5.26. The lowest BCUT2D eigenvalue weighted by atomic mass is 9.97. The van der Waals surface area contributed by atoms with E-state index in [-0.39, 0.29) is 6.61 Å². The molecule has 0 saturated carbocycles. The van der Waals surface area contributed by atoms with E-state index in [4.69, 9.17) is 28.4 Å². The Kier molecular flexibility index (Phi) is 8.29. The molecule has 5 atom stereocenters. The summed E-state index contributed by atoms with van der Waals surface area (Å²) < 4.78 is 33.6. The van der Waals surface area contributed by atoms with Crippen molar-refractivity contribution in [3.63, 3.8) is 0 Å². The van der Waals surface area contributed by atoms with E-state index in [1.807, 2.05) is 43.3 Å². The van der Waals surface area contributed by atoms with Crippen molar-refractivity contribution >= 4 is 34.6 Å². The Morgan fingerprint density at radius 3 is 2.03 bits per heavy atom. The number of carbonyl (C=O) groups is 4. The van der Waals surface area contributed by atoms with E-state index in [1.54, 1.807) is 0 Å². The number of ether oxygens (including phenoxy) is 6. The molecule has 1 fully saturated rings. The van der Waals surface area contributed by atoms with Gasteiger partial charge in [-0.15, -0.1) is 0 Å². The maximum atomic E-state index is 12.0. The molecule has 1 saturated heterocycles. The maximum absolute atomic E-state index is 12.0. The van der Waals surface area contributed by atoms with Crippen molar-refractivity contribution in [2.24, 2.45) is 0 Å². The fourth-order valence-corrected chi connectivity index (χ4v) is 3.90. The lowest BCUT2D eigenvalue weighted by Gasteiger charge is -2.44. The zero-order valence-corrected chi connectivity index (χ0v) is 20.1. The zero-order valence-electron chi connectivity index (χ0n) is 20.1. The van der Waals surface area contributed by atoms with Gasteiger partial charge in [0.25, 0.3) is 0 Å². The summed E-state index contributed by atoms with van der Waals surface area (Å²) in [6, 6.07) is 11.3. The molecule has 1 aliphatic heterocycles. The summed E-state index contributed by atoms with van der Waals surface area (Å²) in [5.41, 5.74) is 0.763. The normalized spacial score (nSPS) is 23.7. The van der Waals surface area contributed by atoms with Crippen LogP contribution in [0.2, 0.25) is 0 Å². The molecule has 1 heterocycles. The lowest BCUT2D eigenvalue weighted by Crippen LogP contribution is -2.63. The van der Waals surface area contributed by atoms with E-state index >= 15 is 0 Å². The van der Waals surface area contributed by atoms with Crippen molar-refractivity contribution in [3.8, 4) is 5.75 Å². The van der Waals surface area contributed by atoms with Crippen molar-refractivity contribution in [3.05, 3.63) is 42.0 Å². The third-order valence-electron chi connectivity index (χ3n) is 5.26. The fourth-order valence-electron chi connectivity index (χ4n) is 3.90. The molecule has 2 aromatic rings. The van der Waals surface area contributed by atoms with Crippen LogP contribution >= 0.6 is 0 Å². The topological polar surface area (TPSA) is 124 Å². The van der Waals surface area contributed by atoms with Crippen molar-refractivity contribution in [1.82, 2.24) is 0 Å². The van der Waals surface area contributed by atoms with Crippen LogP contribution in [-0.2, 0) is 42.9 Å². The van der Waals surface area contributed by atoms with Gasteiger partial charge in [-0.05, 0) is 17.9 Å². The van der Waals surface area contributed by atoms with Crippen LogP contribution in [0.4, 0.5) is 0 Å². The van der Waals surface area contributed by atoms with Gasteiger partial charge in [0.15, 0.2) is 12.2 Å². The highest BCUT2D eigenvalue weighted by molar-refractivity contribution is 5.89. The highest BCUT2D eigenvalue weighted by Crippen LogP contribution is 2.35. The second kappa shape index (κ2) is 11.2. The Morgan fingerprint density at radius 2 is 1.40 bits per heavy atom. The van der Waals surface area contributed by atoms with Crippen molar-refractivity contribution in [1.29, 1.82) is 0 Å². The summed E-state index contributed by atoms with van der Waals surface area (Å²) in [6.07, 6.45) is -6.15. The summed E-state index contributed by atoms with van der Waals surface area (Å²) in [5.74, 6) is -2.20. The largest absolute Gasteiger partial charge is 0.481 e. The van der Waals surface area contributed by atoms with Crippen LogP contribution < -0.4 is 4.74 Å². The molecule has 0 aromatic heterocycles. The van der Waals surface area contributed by atoms with E-state index in [1.165, 1.54) is 20.8 Å². The number of hydrogen-bond donors (Lipinski definition) is 0. The summed E-state index contributed by atoms with van der Waals surface area (Å²) in [6.45, 7) is 6.26. The number of rotatable bonds is 7. The van der Waals surface area contributed by atoms with Crippen molar-refractivity contribution in [2.45, 2.75) is 65.3 Å². The van der Waals surface area contributed by atoms with Crippen LogP contribution in [0.5, 0.6) is 5.75 Å². The van der Waals surface area contributed by atoms with Crippen molar-refractivity contribution in [2.75, 3.05) is 6.61 Å².